The van der Waals surface area contributed by atoms with Gasteiger partial charge in [0.2, 0.25) is 11.7 Å². The zero-order valence-electron chi connectivity index (χ0n) is 23.6. The van der Waals surface area contributed by atoms with E-state index in [0.717, 1.165) is 17.2 Å². The van der Waals surface area contributed by atoms with Gasteiger partial charge in [-0.15, -0.1) is 0 Å². The van der Waals surface area contributed by atoms with Gasteiger partial charge in [-0.05, 0) is 84.3 Å². The van der Waals surface area contributed by atoms with Crippen LogP contribution in [0.5, 0.6) is 11.5 Å². The summed E-state index contributed by atoms with van der Waals surface area (Å²) in [6, 6.07) is 11.8. The third-order valence-electron chi connectivity index (χ3n) is 8.01. The third-order valence-corrected chi connectivity index (χ3v) is 8.01. The Bertz CT molecular complexity index is 1670. The number of ether oxygens (including phenoxy) is 3. The minimum absolute atomic E-state index is 0.0981. The normalized spacial score (nSPS) is 17.5. The molecule has 3 aromatic carbocycles. The molecule has 6 rings (SSSR count). The summed E-state index contributed by atoms with van der Waals surface area (Å²) in [6.45, 7) is 5.66. The van der Waals surface area contributed by atoms with Crippen LogP contribution < -0.4 is 9.47 Å². The van der Waals surface area contributed by atoms with Crippen molar-refractivity contribution in [2.45, 2.75) is 58.2 Å². The molecule has 42 heavy (non-hydrogen) atoms. The molecule has 1 aliphatic carbocycles. The molecule has 0 saturated carbocycles. The van der Waals surface area contributed by atoms with Gasteiger partial charge in [0.25, 0.3) is 0 Å². The number of benzene rings is 3. The van der Waals surface area contributed by atoms with E-state index in [2.05, 4.69) is 10.1 Å². The molecule has 218 valence electrons. The number of nitrogens with zero attached hydrogens (tertiary/aromatic N) is 2. The number of methoxy groups -OCH3 is 1. The van der Waals surface area contributed by atoms with E-state index < -0.39 is 17.8 Å². The molecule has 2 heterocycles. The van der Waals surface area contributed by atoms with Crippen LogP contribution in [0.4, 0.5) is 13.2 Å². The van der Waals surface area contributed by atoms with Crippen molar-refractivity contribution in [1.29, 1.82) is 0 Å². The minimum atomic E-state index is -4.54. The van der Waals surface area contributed by atoms with Gasteiger partial charge in [0, 0.05) is 30.0 Å². The highest BCUT2D eigenvalue weighted by atomic mass is 19.4. The number of hydrogen-bond donors (Lipinski definition) is 0. The van der Waals surface area contributed by atoms with Crippen LogP contribution in [0.1, 0.15) is 64.1 Å². The number of aromatic nitrogens is 2. The second-order valence-electron chi connectivity index (χ2n) is 10.8. The maximum absolute atomic E-state index is 14.4. The standard InChI is InChI=1S/C32H29F3N2O5/c1-16-11-19(31-36-18(3)42-37-31)12-17(2)29(16)30-24-8-10-26(23(24)7-9-25(30)32(33,34)35)41-21-5-6-22-20(13-28(38)39-4)15-40-27(22)14-21/h5-7,9,11-12,14,20,26H,8,10,13,15H2,1-4H3/t20-,26-/m1/s1. The largest absolute Gasteiger partial charge is 0.492 e. The molecule has 0 bridgehead atoms. The van der Waals surface area contributed by atoms with Gasteiger partial charge in [-0.3, -0.25) is 4.79 Å². The van der Waals surface area contributed by atoms with Crippen LogP contribution in [-0.2, 0) is 22.1 Å². The summed E-state index contributed by atoms with van der Waals surface area (Å²) < 4.78 is 65.3. The van der Waals surface area contributed by atoms with Crippen molar-refractivity contribution in [3.63, 3.8) is 0 Å². The first-order chi connectivity index (χ1) is 20.0. The number of esters is 1. The Kier molecular flexibility index (Phi) is 6.95. The molecule has 4 aromatic rings. The van der Waals surface area contributed by atoms with Crippen molar-refractivity contribution in [1.82, 2.24) is 10.1 Å². The molecule has 2 aliphatic rings. The van der Waals surface area contributed by atoms with Crippen molar-refractivity contribution < 1.29 is 36.7 Å². The van der Waals surface area contributed by atoms with E-state index in [0.29, 0.717) is 70.5 Å². The molecular formula is C32H29F3N2O5. The predicted molar refractivity (Wildman–Crippen MR) is 147 cm³/mol. The van der Waals surface area contributed by atoms with E-state index in [1.165, 1.54) is 13.2 Å². The van der Waals surface area contributed by atoms with Gasteiger partial charge >= 0.3 is 12.1 Å². The van der Waals surface area contributed by atoms with E-state index in [4.69, 9.17) is 18.7 Å². The second-order valence-corrected chi connectivity index (χ2v) is 10.8. The molecule has 0 radical (unpaired) electrons. The number of hydrogen-bond acceptors (Lipinski definition) is 7. The molecule has 0 fully saturated rings. The predicted octanol–water partition coefficient (Wildman–Crippen LogP) is 7.45. The van der Waals surface area contributed by atoms with Crippen molar-refractivity contribution in [3.05, 3.63) is 81.7 Å². The van der Waals surface area contributed by atoms with Crippen LogP contribution in [0.2, 0.25) is 0 Å². The van der Waals surface area contributed by atoms with Gasteiger partial charge in [0.1, 0.15) is 17.6 Å². The fourth-order valence-corrected chi connectivity index (χ4v) is 6.16. The summed E-state index contributed by atoms with van der Waals surface area (Å²) in [5.74, 6) is 1.58. The van der Waals surface area contributed by atoms with Gasteiger partial charge < -0.3 is 18.7 Å². The van der Waals surface area contributed by atoms with Crippen molar-refractivity contribution in [3.8, 4) is 34.0 Å². The van der Waals surface area contributed by atoms with Gasteiger partial charge in [-0.1, -0.05) is 17.3 Å². The zero-order valence-corrected chi connectivity index (χ0v) is 23.6. The highest BCUT2D eigenvalue weighted by Gasteiger charge is 2.39. The average Bonchev–Trinajstić information content (AvgIpc) is 3.66. The van der Waals surface area contributed by atoms with Crippen molar-refractivity contribution in [2.75, 3.05) is 13.7 Å². The Balaban J connectivity index is 1.35. The van der Waals surface area contributed by atoms with Crippen LogP contribution in [0.3, 0.4) is 0 Å². The summed E-state index contributed by atoms with van der Waals surface area (Å²) >= 11 is 0. The van der Waals surface area contributed by atoms with Crippen LogP contribution in [0.15, 0.2) is 47.0 Å². The molecule has 2 atom stereocenters. The molecule has 0 unspecified atom stereocenters. The fraction of sp³-hybridized carbons (Fsp3) is 0.344. The molecular weight excluding hydrogens is 549 g/mol. The first kappa shape index (κ1) is 27.8. The molecule has 0 N–H and O–H groups in total. The van der Waals surface area contributed by atoms with Crippen LogP contribution >= 0.6 is 0 Å². The zero-order chi connectivity index (χ0) is 29.8. The SMILES string of the molecule is COC(=O)C[C@@H]1COc2cc(O[C@@H]3CCc4c3ccc(C(F)(F)F)c4-c3c(C)cc(-c4noc(C)n4)cc3C)ccc21. The molecule has 0 spiro atoms. The fourth-order valence-electron chi connectivity index (χ4n) is 6.16. The average molecular weight is 579 g/mol. The van der Waals surface area contributed by atoms with Crippen LogP contribution in [0, 0.1) is 20.8 Å². The Labute approximate surface area is 240 Å². The molecule has 0 saturated heterocycles. The number of aryl methyl sites for hydroxylation is 3. The summed E-state index contributed by atoms with van der Waals surface area (Å²) in [6.07, 6.45) is -3.77. The van der Waals surface area contributed by atoms with Crippen LogP contribution in [-0.4, -0.2) is 29.8 Å². The number of carbonyl (C=O) groups excluding carboxylic acids is 1. The maximum atomic E-state index is 14.4. The quantitative estimate of drug-likeness (QED) is 0.220. The lowest BCUT2D eigenvalue weighted by atomic mass is 9.85. The van der Waals surface area contributed by atoms with Gasteiger partial charge in [0.05, 0.1) is 25.7 Å². The lowest BCUT2D eigenvalue weighted by Crippen LogP contribution is -2.11. The Hall–Kier alpha value is -4.34. The smallest absolute Gasteiger partial charge is 0.417 e. The second kappa shape index (κ2) is 10.5. The first-order valence-electron chi connectivity index (χ1n) is 13.7. The van der Waals surface area contributed by atoms with Crippen molar-refractivity contribution in [2.24, 2.45) is 0 Å². The van der Waals surface area contributed by atoms with E-state index in [1.54, 1.807) is 39.0 Å². The van der Waals surface area contributed by atoms with Gasteiger partial charge in [-0.2, -0.15) is 18.2 Å². The number of carbonyl (C=O) groups is 1. The van der Waals surface area contributed by atoms with Crippen LogP contribution in [0.25, 0.3) is 22.5 Å². The molecule has 7 nitrogen and oxygen atoms in total. The highest BCUT2D eigenvalue weighted by Crippen LogP contribution is 2.48. The Morgan fingerprint density at radius 3 is 2.43 bits per heavy atom. The summed E-state index contributed by atoms with van der Waals surface area (Å²) in [7, 11) is 1.35. The number of alkyl halides is 3. The maximum Gasteiger partial charge on any atom is 0.417 e. The van der Waals surface area contributed by atoms with Gasteiger partial charge in [-0.25, -0.2) is 0 Å². The summed E-state index contributed by atoms with van der Waals surface area (Å²) in [5, 5.41) is 3.97. The summed E-state index contributed by atoms with van der Waals surface area (Å²) in [5.41, 5.74) is 4.41. The number of fused-ring (bicyclic) bond motifs is 2. The van der Waals surface area contributed by atoms with E-state index in [1.807, 2.05) is 12.1 Å². The number of rotatable bonds is 6. The summed E-state index contributed by atoms with van der Waals surface area (Å²) in [4.78, 5) is 16.0. The minimum Gasteiger partial charge on any atom is -0.492 e. The van der Waals surface area contributed by atoms with Gasteiger partial charge in [0.15, 0.2) is 0 Å². The lowest BCUT2D eigenvalue weighted by molar-refractivity contribution is -0.141. The molecule has 1 aliphatic heterocycles. The Morgan fingerprint density at radius 2 is 1.76 bits per heavy atom. The topological polar surface area (TPSA) is 83.7 Å². The van der Waals surface area contributed by atoms with E-state index >= 15 is 0 Å². The Morgan fingerprint density at radius 1 is 1.02 bits per heavy atom. The highest BCUT2D eigenvalue weighted by molar-refractivity contribution is 5.81. The third kappa shape index (κ3) is 4.99. The molecule has 10 heteroatoms. The molecule has 0 amide bonds. The monoisotopic (exact) mass is 578 g/mol. The van der Waals surface area contributed by atoms with E-state index in [9.17, 15) is 18.0 Å². The number of halogens is 3. The van der Waals surface area contributed by atoms with Crippen molar-refractivity contribution >= 4 is 5.97 Å². The molecule has 1 aromatic heterocycles. The lowest BCUT2D eigenvalue weighted by Gasteiger charge is -2.22. The first-order valence-corrected chi connectivity index (χ1v) is 13.7. The van der Waals surface area contributed by atoms with E-state index in [-0.39, 0.29) is 23.9 Å².